The Morgan fingerprint density at radius 1 is 1.35 bits per heavy atom. The molecule has 1 aromatic heterocycles. The maximum absolute atomic E-state index is 13.2. The molecule has 5 nitrogen and oxygen atoms in total. The number of carboxylic acid groups (broad SMARTS) is 1. The number of H-pyrrole nitrogens is 1. The van der Waals surface area contributed by atoms with Crippen molar-refractivity contribution in [3.63, 3.8) is 0 Å². The molecule has 1 amide bonds. The molecular formula is C18H19F3N2O3. The van der Waals surface area contributed by atoms with Crippen molar-refractivity contribution in [2.24, 2.45) is 5.41 Å². The zero-order valence-electron chi connectivity index (χ0n) is 14.2. The van der Waals surface area contributed by atoms with E-state index in [1.165, 1.54) is 0 Å². The number of halogens is 3. The number of benzene rings is 1. The Kier molecular flexibility index (Phi) is 4.46. The van der Waals surface area contributed by atoms with Crippen LogP contribution in [-0.4, -0.2) is 46.1 Å². The van der Waals surface area contributed by atoms with Crippen LogP contribution in [0, 0.1) is 12.3 Å². The first-order chi connectivity index (χ1) is 12.2. The summed E-state index contributed by atoms with van der Waals surface area (Å²) < 4.78 is 39.6. The number of fused-ring (bicyclic) bond motifs is 1. The van der Waals surface area contributed by atoms with Gasteiger partial charge in [-0.05, 0) is 30.9 Å². The SMILES string of the molecule is Cc1cccc2c(CCC(=O)N3CCC(C(=O)O)(C(F)(F)F)C3)c[nH]c12. The van der Waals surface area contributed by atoms with Crippen molar-refractivity contribution in [1.29, 1.82) is 0 Å². The molecule has 0 aliphatic carbocycles. The summed E-state index contributed by atoms with van der Waals surface area (Å²) in [4.78, 5) is 27.7. The van der Waals surface area contributed by atoms with E-state index in [-0.39, 0.29) is 13.0 Å². The highest BCUT2D eigenvalue weighted by Crippen LogP contribution is 2.45. The van der Waals surface area contributed by atoms with Gasteiger partial charge in [0.15, 0.2) is 5.41 Å². The number of hydrogen-bond acceptors (Lipinski definition) is 2. The number of aromatic amines is 1. The van der Waals surface area contributed by atoms with Crippen molar-refractivity contribution in [2.75, 3.05) is 13.1 Å². The molecule has 0 spiro atoms. The van der Waals surface area contributed by atoms with Crippen LogP contribution in [-0.2, 0) is 16.0 Å². The quantitative estimate of drug-likeness (QED) is 0.870. The van der Waals surface area contributed by atoms with Crippen LogP contribution < -0.4 is 0 Å². The van der Waals surface area contributed by atoms with Crippen LogP contribution in [0.3, 0.4) is 0 Å². The molecule has 2 heterocycles. The lowest BCUT2D eigenvalue weighted by molar-refractivity contribution is -0.227. The number of aliphatic carboxylic acids is 1. The Hall–Kier alpha value is -2.51. The number of aromatic nitrogens is 1. The fourth-order valence-electron chi connectivity index (χ4n) is 3.52. The third-order valence-electron chi connectivity index (χ3n) is 5.19. The van der Waals surface area contributed by atoms with Crippen molar-refractivity contribution in [3.8, 4) is 0 Å². The lowest BCUT2D eigenvalue weighted by Gasteiger charge is -2.27. The maximum Gasteiger partial charge on any atom is 0.406 e. The second-order valence-electron chi connectivity index (χ2n) is 6.76. The number of nitrogens with zero attached hydrogens (tertiary/aromatic N) is 1. The van der Waals surface area contributed by atoms with Crippen LogP contribution in [0.5, 0.6) is 0 Å². The number of rotatable bonds is 4. The third-order valence-corrected chi connectivity index (χ3v) is 5.19. The van der Waals surface area contributed by atoms with Gasteiger partial charge in [0.2, 0.25) is 5.91 Å². The van der Waals surface area contributed by atoms with E-state index >= 15 is 0 Å². The van der Waals surface area contributed by atoms with Gasteiger partial charge in [0, 0.05) is 36.6 Å². The van der Waals surface area contributed by atoms with E-state index in [1.807, 2.05) is 25.1 Å². The van der Waals surface area contributed by atoms with Gasteiger partial charge in [0.1, 0.15) is 0 Å². The minimum Gasteiger partial charge on any atom is -0.481 e. The van der Waals surface area contributed by atoms with Crippen LogP contribution in [0.4, 0.5) is 13.2 Å². The fourth-order valence-corrected chi connectivity index (χ4v) is 3.52. The molecular weight excluding hydrogens is 349 g/mol. The molecule has 1 saturated heterocycles. The third kappa shape index (κ3) is 2.93. The van der Waals surface area contributed by atoms with Crippen LogP contribution in [0.2, 0.25) is 0 Å². The molecule has 1 atom stereocenters. The fraction of sp³-hybridized carbons (Fsp3) is 0.444. The summed E-state index contributed by atoms with van der Waals surface area (Å²) in [5.74, 6) is -2.38. The molecule has 2 aromatic rings. The minimum atomic E-state index is -4.89. The predicted octanol–water partition coefficient (Wildman–Crippen LogP) is 3.27. The predicted molar refractivity (Wildman–Crippen MR) is 88.7 cm³/mol. The summed E-state index contributed by atoms with van der Waals surface area (Å²) >= 11 is 0. The van der Waals surface area contributed by atoms with E-state index in [9.17, 15) is 22.8 Å². The molecule has 1 fully saturated rings. The van der Waals surface area contributed by atoms with Crippen LogP contribution in [0.1, 0.15) is 24.0 Å². The maximum atomic E-state index is 13.2. The summed E-state index contributed by atoms with van der Waals surface area (Å²) in [5, 5.41) is 10.0. The molecule has 26 heavy (non-hydrogen) atoms. The summed E-state index contributed by atoms with van der Waals surface area (Å²) in [5.41, 5.74) is 0.0892. The number of nitrogens with one attached hydrogen (secondary N) is 1. The number of amides is 1. The first kappa shape index (κ1) is 18.3. The monoisotopic (exact) mass is 368 g/mol. The van der Waals surface area contributed by atoms with Crippen LogP contribution in [0.25, 0.3) is 10.9 Å². The summed E-state index contributed by atoms with van der Waals surface area (Å²) in [6, 6.07) is 5.79. The van der Waals surface area contributed by atoms with E-state index in [0.717, 1.165) is 26.9 Å². The number of carbonyl (C=O) groups excluding carboxylic acids is 1. The highest BCUT2D eigenvalue weighted by Gasteiger charge is 2.64. The van der Waals surface area contributed by atoms with Crippen LogP contribution in [0.15, 0.2) is 24.4 Å². The average molecular weight is 368 g/mol. The minimum absolute atomic E-state index is 0.0362. The summed E-state index contributed by atoms with van der Waals surface area (Å²) in [6.07, 6.45) is -3.28. The number of carbonyl (C=O) groups is 2. The second-order valence-corrected chi connectivity index (χ2v) is 6.76. The van der Waals surface area contributed by atoms with E-state index in [2.05, 4.69) is 4.98 Å². The lowest BCUT2D eigenvalue weighted by atomic mass is 9.86. The van der Waals surface area contributed by atoms with Gasteiger partial charge in [-0.15, -0.1) is 0 Å². The van der Waals surface area contributed by atoms with E-state index < -0.39 is 36.4 Å². The molecule has 1 unspecified atom stereocenters. The largest absolute Gasteiger partial charge is 0.481 e. The highest BCUT2D eigenvalue weighted by molar-refractivity contribution is 5.87. The Morgan fingerprint density at radius 2 is 2.08 bits per heavy atom. The molecule has 1 aromatic carbocycles. The molecule has 8 heteroatoms. The van der Waals surface area contributed by atoms with Crippen molar-refractivity contribution >= 4 is 22.8 Å². The highest BCUT2D eigenvalue weighted by atomic mass is 19.4. The molecule has 1 aliphatic rings. The number of likely N-dealkylation sites (tertiary alicyclic amines) is 1. The molecule has 140 valence electrons. The smallest absolute Gasteiger partial charge is 0.406 e. The first-order valence-electron chi connectivity index (χ1n) is 8.29. The van der Waals surface area contributed by atoms with Crippen molar-refractivity contribution < 1.29 is 27.9 Å². The van der Waals surface area contributed by atoms with Gasteiger partial charge < -0.3 is 15.0 Å². The van der Waals surface area contributed by atoms with Gasteiger partial charge in [0.25, 0.3) is 0 Å². The molecule has 2 N–H and O–H groups in total. The Bertz CT molecular complexity index is 859. The van der Waals surface area contributed by atoms with Gasteiger partial charge in [-0.2, -0.15) is 13.2 Å². The van der Waals surface area contributed by atoms with Crippen molar-refractivity contribution in [2.45, 2.75) is 32.4 Å². The topological polar surface area (TPSA) is 73.4 Å². The summed E-state index contributed by atoms with van der Waals surface area (Å²) in [6.45, 7) is 0.940. The lowest BCUT2D eigenvalue weighted by Crippen LogP contribution is -2.47. The first-order valence-corrected chi connectivity index (χ1v) is 8.29. The van der Waals surface area contributed by atoms with Gasteiger partial charge in [-0.25, -0.2) is 0 Å². The van der Waals surface area contributed by atoms with E-state index in [1.54, 1.807) is 6.20 Å². The van der Waals surface area contributed by atoms with E-state index in [0.29, 0.717) is 6.42 Å². The van der Waals surface area contributed by atoms with Gasteiger partial charge in [0.05, 0.1) is 0 Å². The number of aryl methyl sites for hydroxylation is 2. The van der Waals surface area contributed by atoms with Gasteiger partial charge in [-0.1, -0.05) is 18.2 Å². The molecule has 1 aliphatic heterocycles. The number of hydrogen-bond donors (Lipinski definition) is 2. The number of alkyl halides is 3. The normalized spacial score (nSPS) is 20.7. The zero-order valence-corrected chi connectivity index (χ0v) is 14.2. The average Bonchev–Trinajstić information content (AvgIpc) is 3.18. The van der Waals surface area contributed by atoms with E-state index in [4.69, 9.17) is 5.11 Å². The Balaban J connectivity index is 1.69. The second kappa shape index (κ2) is 6.34. The van der Waals surface area contributed by atoms with Crippen LogP contribution >= 0.6 is 0 Å². The Morgan fingerprint density at radius 3 is 2.69 bits per heavy atom. The zero-order chi connectivity index (χ0) is 19.1. The molecule has 0 saturated carbocycles. The number of para-hydroxylation sites is 1. The standard InChI is InChI=1S/C18H19F3N2O3/c1-11-3-2-4-13-12(9-22-15(11)13)5-6-14(24)23-8-7-17(10-23,16(25)26)18(19,20)21/h2-4,9,22H,5-8,10H2,1H3,(H,25,26). The molecule has 3 rings (SSSR count). The molecule has 0 bridgehead atoms. The van der Waals surface area contributed by atoms with Crippen molar-refractivity contribution in [1.82, 2.24) is 9.88 Å². The number of carboxylic acids is 1. The summed E-state index contributed by atoms with van der Waals surface area (Å²) in [7, 11) is 0. The Labute approximate surface area is 147 Å². The van der Waals surface area contributed by atoms with Crippen molar-refractivity contribution in [3.05, 3.63) is 35.5 Å². The van der Waals surface area contributed by atoms with Gasteiger partial charge >= 0.3 is 12.1 Å². The molecule has 0 radical (unpaired) electrons. The van der Waals surface area contributed by atoms with Gasteiger partial charge in [-0.3, -0.25) is 9.59 Å².